The number of ether oxygens (including phenoxy) is 4. The van der Waals surface area contributed by atoms with Crippen LogP contribution in [0.1, 0.15) is 43.7 Å². The number of benzene rings is 2. The maximum atomic E-state index is 13.5. The van der Waals surface area contributed by atoms with Crippen LogP contribution in [-0.4, -0.2) is 76.1 Å². The number of carbonyl (C=O) groups excluding carboxylic acids is 1. The smallest absolute Gasteiger partial charge is 0.324 e. The summed E-state index contributed by atoms with van der Waals surface area (Å²) in [4.78, 5) is 19.7. The average Bonchev–Trinajstić information content (AvgIpc) is 2.93. The van der Waals surface area contributed by atoms with Gasteiger partial charge in [0, 0.05) is 50.0 Å². The molecule has 0 unspecified atom stereocenters. The topological polar surface area (TPSA) is 63.7 Å². The number of urea groups is 1. The van der Waals surface area contributed by atoms with Gasteiger partial charge >= 0.3 is 6.03 Å². The Bertz CT molecular complexity index is 1020. The molecule has 2 aromatic carbocycles. The summed E-state index contributed by atoms with van der Waals surface area (Å²) in [5.41, 5.74) is 3.05. The zero-order valence-electron chi connectivity index (χ0n) is 22.5. The van der Waals surface area contributed by atoms with E-state index in [1.54, 1.807) is 14.2 Å². The summed E-state index contributed by atoms with van der Waals surface area (Å²) in [6.45, 7) is 9.02. The van der Waals surface area contributed by atoms with Crippen LogP contribution in [0, 0.1) is 0 Å². The van der Waals surface area contributed by atoms with Crippen LogP contribution < -0.4 is 19.1 Å². The van der Waals surface area contributed by atoms with Gasteiger partial charge in [0.2, 0.25) is 0 Å². The number of rotatable bonds is 12. The molecule has 2 heterocycles. The lowest BCUT2D eigenvalue weighted by Crippen LogP contribution is -2.49. The molecule has 2 aromatic rings. The highest BCUT2D eigenvalue weighted by Crippen LogP contribution is 2.34. The van der Waals surface area contributed by atoms with Crippen molar-refractivity contribution in [2.75, 3.05) is 65.1 Å². The van der Waals surface area contributed by atoms with E-state index in [0.29, 0.717) is 37.7 Å². The van der Waals surface area contributed by atoms with Crippen molar-refractivity contribution in [1.82, 2.24) is 9.80 Å². The lowest BCUT2D eigenvalue weighted by Gasteiger charge is -2.36. The van der Waals surface area contributed by atoms with Gasteiger partial charge in [-0.05, 0) is 36.6 Å². The first kappa shape index (κ1) is 27.1. The van der Waals surface area contributed by atoms with Gasteiger partial charge in [0.1, 0.15) is 5.75 Å². The molecule has 0 aliphatic carbocycles. The molecule has 0 atom stereocenters. The van der Waals surface area contributed by atoms with E-state index >= 15 is 0 Å². The second kappa shape index (κ2) is 13.5. The number of methoxy groups -OCH3 is 2. The van der Waals surface area contributed by atoms with E-state index in [1.165, 1.54) is 5.56 Å². The van der Waals surface area contributed by atoms with Gasteiger partial charge in [0.25, 0.3) is 0 Å². The highest BCUT2D eigenvalue weighted by molar-refractivity contribution is 5.93. The standard InChI is InChI=1S/C29H41N3O5/c1-4-5-6-16-37-28-20-25(10-11-26(28)34-2)32-13-7-12-31(29(32)33)22-24-9-8-23(19-27(24)35-3)21-30-14-17-36-18-15-30/h8-11,19-20H,4-7,12-18,21-22H2,1-3H3. The van der Waals surface area contributed by atoms with Crippen molar-refractivity contribution in [3.63, 3.8) is 0 Å². The van der Waals surface area contributed by atoms with Crippen LogP contribution in [0.5, 0.6) is 17.2 Å². The molecule has 2 aliphatic heterocycles. The molecule has 0 bridgehead atoms. The summed E-state index contributed by atoms with van der Waals surface area (Å²) < 4.78 is 22.7. The number of nitrogens with zero attached hydrogens (tertiary/aromatic N) is 3. The second-order valence-electron chi connectivity index (χ2n) is 9.63. The minimum atomic E-state index is -0.00667. The van der Waals surface area contributed by atoms with Crippen LogP contribution in [0.3, 0.4) is 0 Å². The molecule has 8 nitrogen and oxygen atoms in total. The Hall–Kier alpha value is -2.97. The van der Waals surface area contributed by atoms with Gasteiger partial charge in [0.15, 0.2) is 11.5 Å². The van der Waals surface area contributed by atoms with E-state index < -0.39 is 0 Å². The summed E-state index contributed by atoms with van der Waals surface area (Å²) >= 11 is 0. The number of unbranched alkanes of at least 4 members (excludes halogenated alkanes) is 2. The second-order valence-corrected chi connectivity index (χ2v) is 9.63. The van der Waals surface area contributed by atoms with E-state index in [1.807, 2.05) is 28.0 Å². The molecule has 0 spiro atoms. The van der Waals surface area contributed by atoms with Crippen molar-refractivity contribution in [3.05, 3.63) is 47.5 Å². The fourth-order valence-electron chi connectivity index (χ4n) is 4.89. The number of anilines is 1. The molecule has 0 aromatic heterocycles. The van der Waals surface area contributed by atoms with Crippen LogP contribution in [0.15, 0.2) is 36.4 Å². The van der Waals surface area contributed by atoms with Crippen LogP contribution in [0.25, 0.3) is 0 Å². The van der Waals surface area contributed by atoms with Crippen LogP contribution in [-0.2, 0) is 17.8 Å². The maximum absolute atomic E-state index is 13.5. The largest absolute Gasteiger partial charge is 0.496 e. The molecule has 2 fully saturated rings. The summed E-state index contributed by atoms with van der Waals surface area (Å²) in [6, 6.07) is 12.1. The Morgan fingerprint density at radius 2 is 1.68 bits per heavy atom. The third-order valence-electron chi connectivity index (χ3n) is 7.00. The molecule has 2 aliphatic rings. The third kappa shape index (κ3) is 7.08. The average molecular weight is 512 g/mol. The van der Waals surface area contributed by atoms with Crippen molar-refractivity contribution < 1.29 is 23.7 Å². The van der Waals surface area contributed by atoms with Crippen molar-refractivity contribution in [2.24, 2.45) is 0 Å². The van der Waals surface area contributed by atoms with Crippen molar-refractivity contribution in [2.45, 2.75) is 45.7 Å². The highest BCUT2D eigenvalue weighted by atomic mass is 16.5. The first-order chi connectivity index (χ1) is 18.1. The van der Waals surface area contributed by atoms with Gasteiger partial charge in [0.05, 0.1) is 40.6 Å². The highest BCUT2D eigenvalue weighted by Gasteiger charge is 2.28. The molecule has 0 saturated carbocycles. The van der Waals surface area contributed by atoms with Crippen molar-refractivity contribution in [1.29, 1.82) is 0 Å². The molecule has 2 amide bonds. The maximum Gasteiger partial charge on any atom is 0.324 e. The first-order valence-corrected chi connectivity index (χ1v) is 13.5. The lowest BCUT2D eigenvalue weighted by molar-refractivity contribution is 0.0341. The molecular formula is C29H41N3O5. The number of carbonyl (C=O) groups is 1. The van der Waals surface area contributed by atoms with Gasteiger partial charge in [-0.25, -0.2) is 4.79 Å². The molecule has 202 valence electrons. The van der Waals surface area contributed by atoms with E-state index in [4.69, 9.17) is 18.9 Å². The van der Waals surface area contributed by atoms with Gasteiger partial charge < -0.3 is 23.8 Å². The molecular weight excluding hydrogens is 470 g/mol. The fraction of sp³-hybridized carbons (Fsp3) is 0.552. The molecule has 8 heteroatoms. The molecule has 4 rings (SSSR count). The quantitative estimate of drug-likeness (QED) is 0.376. The number of hydrogen-bond acceptors (Lipinski definition) is 6. The predicted molar refractivity (Wildman–Crippen MR) is 145 cm³/mol. The number of amides is 2. The Labute approximate surface area is 221 Å². The normalized spacial score (nSPS) is 16.7. The van der Waals surface area contributed by atoms with E-state index in [2.05, 4.69) is 30.0 Å². The molecule has 37 heavy (non-hydrogen) atoms. The van der Waals surface area contributed by atoms with Gasteiger partial charge in [-0.3, -0.25) is 9.80 Å². The van der Waals surface area contributed by atoms with Crippen molar-refractivity contribution >= 4 is 11.7 Å². The lowest BCUT2D eigenvalue weighted by atomic mass is 10.1. The Morgan fingerprint density at radius 3 is 2.43 bits per heavy atom. The van der Waals surface area contributed by atoms with Crippen molar-refractivity contribution in [3.8, 4) is 17.2 Å². The summed E-state index contributed by atoms with van der Waals surface area (Å²) in [7, 11) is 3.34. The monoisotopic (exact) mass is 511 g/mol. The third-order valence-corrected chi connectivity index (χ3v) is 7.00. The van der Waals surface area contributed by atoms with Gasteiger partial charge in [-0.2, -0.15) is 0 Å². The van der Waals surface area contributed by atoms with E-state index in [0.717, 1.165) is 75.5 Å². The van der Waals surface area contributed by atoms with Gasteiger partial charge in [-0.15, -0.1) is 0 Å². The minimum Gasteiger partial charge on any atom is -0.496 e. The number of hydrogen-bond donors (Lipinski definition) is 0. The molecule has 2 saturated heterocycles. The summed E-state index contributed by atoms with van der Waals surface area (Å²) in [6.07, 6.45) is 4.15. The molecule has 0 N–H and O–H groups in total. The Morgan fingerprint density at radius 1 is 0.865 bits per heavy atom. The predicted octanol–water partition coefficient (Wildman–Crippen LogP) is 4.94. The van der Waals surface area contributed by atoms with Gasteiger partial charge in [-0.1, -0.05) is 31.9 Å². The SMILES string of the molecule is CCCCCOc1cc(N2CCCN(Cc3ccc(CN4CCOCC4)cc3OC)C2=O)ccc1OC. The number of morpholine rings is 1. The van der Waals surface area contributed by atoms with Crippen LogP contribution in [0.4, 0.5) is 10.5 Å². The summed E-state index contributed by atoms with van der Waals surface area (Å²) in [5.74, 6) is 2.19. The Kier molecular flexibility index (Phi) is 9.91. The zero-order valence-corrected chi connectivity index (χ0v) is 22.5. The minimum absolute atomic E-state index is 0.00667. The Balaban J connectivity index is 1.44. The first-order valence-electron chi connectivity index (χ1n) is 13.5. The van der Waals surface area contributed by atoms with Crippen LogP contribution in [0.2, 0.25) is 0 Å². The summed E-state index contributed by atoms with van der Waals surface area (Å²) in [5, 5.41) is 0. The molecule has 0 radical (unpaired) electrons. The van der Waals surface area contributed by atoms with E-state index in [9.17, 15) is 4.79 Å². The van der Waals surface area contributed by atoms with E-state index in [-0.39, 0.29) is 6.03 Å². The fourth-order valence-corrected chi connectivity index (χ4v) is 4.89. The van der Waals surface area contributed by atoms with Crippen LogP contribution >= 0.6 is 0 Å². The zero-order chi connectivity index (χ0) is 26.0.